The van der Waals surface area contributed by atoms with Gasteiger partial charge in [0.1, 0.15) is 5.65 Å². The number of hydrogen-bond acceptors (Lipinski definition) is 3. The number of nitrogens with zero attached hydrogens (tertiary/aromatic N) is 3. The van der Waals surface area contributed by atoms with Crippen LogP contribution in [0.2, 0.25) is 0 Å². The fourth-order valence-corrected chi connectivity index (χ4v) is 3.49. The molecule has 5 heteroatoms. The molecular weight excluding hydrogens is 302 g/mol. The fourth-order valence-electron chi connectivity index (χ4n) is 3.49. The molecule has 0 atom stereocenters. The number of benzene rings is 3. The smallest absolute Gasteiger partial charge is 0.279 e. The minimum Gasteiger partial charge on any atom is -0.291 e. The van der Waals surface area contributed by atoms with Crippen molar-refractivity contribution in [2.75, 3.05) is 0 Å². The molecule has 0 N–H and O–H groups in total. The van der Waals surface area contributed by atoms with Gasteiger partial charge in [-0.2, -0.15) is 0 Å². The molecule has 5 aromatic rings. The molecule has 5 nitrogen and oxygen atoms in total. The first-order chi connectivity index (χ1) is 11.8. The third-order valence-corrected chi connectivity index (χ3v) is 4.46. The van der Waals surface area contributed by atoms with Crippen molar-refractivity contribution in [2.45, 2.75) is 0 Å². The number of imidazole rings is 1. The zero-order chi connectivity index (χ0) is 16.3. The van der Waals surface area contributed by atoms with Gasteiger partial charge < -0.3 is 0 Å². The van der Waals surface area contributed by atoms with E-state index in [0.29, 0.717) is 5.39 Å². The lowest BCUT2D eigenvalue weighted by atomic mass is 10.0. The van der Waals surface area contributed by atoms with E-state index in [-0.39, 0.29) is 10.6 Å². The molecule has 0 amide bonds. The zero-order valence-electron chi connectivity index (χ0n) is 12.5. The Kier molecular flexibility index (Phi) is 2.45. The summed E-state index contributed by atoms with van der Waals surface area (Å²) < 4.78 is 2.01. The van der Waals surface area contributed by atoms with Gasteiger partial charge in [-0.3, -0.25) is 14.5 Å². The maximum atomic E-state index is 11.6. The summed E-state index contributed by atoms with van der Waals surface area (Å²) in [6.45, 7) is 0. The van der Waals surface area contributed by atoms with Gasteiger partial charge in [-0.25, -0.2) is 4.98 Å². The van der Waals surface area contributed by atoms with Gasteiger partial charge in [-0.05, 0) is 18.2 Å². The lowest BCUT2D eigenvalue weighted by Gasteiger charge is -2.09. The summed E-state index contributed by atoms with van der Waals surface area (Å²) in [4.78, 5) is 16.0. The Morgan fingerprint density at radius 1 is 0.833 bits per heavy atom. The Morgan fingerprint density at radius 2 is 1.54 bits per heavy atom. The SMILES string of the molecule is O=[N+]([O-])c1cccc2c1c1ccccc1c1nc3ccccc3n21. The molecule has 3 aromatic carbocycles. The van der Waals surface area contributed by atoms with Crippen LogP contribution in [0.25, 0.3) is 38.4 Å². The molecular formula is C19H11N3O2. The molecule has 5 rings (SSSR count). The van der Waals surface area contributed by atoms with Gasteiger partial charge in [-0.1, -0.05) is 42.5 Å². The number of pyridine rings is 1. The first-order valence-corrected chi connectivity index (χ1v) is 7.61. The molecule has 114 valence electrons. The number of para-hydroxylation sites is 2. The highest BCUT2D eigenvalue weighted by molar-refractivity contribution is 6.16. The van der Waals surface area contributed by atoms with E-state index in [9.17, 15) is 10.1 Å². The molecule has 0 radical (unpaired) electrons. The predicted octanol–water partition coefficient (Wildman–Crippen LogP) is 4.70. The van der Waals surface area contributed by atoms with Crippen LogP contribution in [0.1, 0.15) is 0 Å². The standard InChI is InChI=1S/C19H11N3O2/c23-22(24)17-11-5-10-16-18(17)12-6-1-2-7-13(12)19-20-14-8-3-4-9-15(14)21(16)19/h1-11H. The van der Waals surface area contributed by atoms with Crippen LogP contribution < -0.4 is 0 Å². The molecule has 0 aliphatic heterocycles. The first-order valence-electron chi connectivity index (χ1n) is 7.61. The molecule has 0 aliphatic carbocycles. The Hall–Kier alpha value is -3.47. The normalized spacial score (nSPS) is 11.7. The minimum atomic E-state index is -0.320. The van der Waals surface area contributed by atoms with Crippen molar-refractivity contribution >= 4 is 44.0 Å². The van der Waals surface area contributed by atoms with E-state index in [2.05, 4.69) is 0 Å². The van der Waals surface area contributed by atoms with E-state index < -0.39 is 0 Å². The highest BCUT2D eigenvalue weighted by Gasteiger charge is 2.19. The molecule has 2 aromatic heterocycles. The third-order valence-electron chi connectivity index (χ3n) is 4.46. The van der Waals surface area contributed by atoms with Crippen LogP contribution in [0.3, 0.4) is 0 Å². The van der Waals surface area contributed by atoms with Gasteiger partial charge in [0.05, 0.1) is 26.9 Å². The van der Waals surface area contributed by atoms with Crippen molar-refractivity contribution in [1.29, 1.82) is 0 Å². The Labute approximate surface area is 135 Å². The molecule has 24 heavy (non-hydrogen) atoms. The Bertz CT molecular complexity index is 1290. The van der Waals surface area contributed by atoms with Gasteiger partial charge >= 0.3 is 0 Å². The number of fused-ring (bicyclic) bond motifs is 8. The Balaban J connectivity index is 2.22. The summed E-state index contributed by atoms with van der Waals surface area (Å²) in [6, 6.07) is 20.8. The van der Waals surface area contributed by atoms with Gasteiger partial charge in [0.15, 0.2) is 0 Å². The lowest BCUT2D eigenvalue weighted by molar-refractivity contribution is -0.383. The van der Waals surface area contributed by atoms with E-state index >= 15 is 0 Å². The zero-order valence-corrected chi connectivity index (χ0v) is 12.5. The molecule has 0 aliphatic rings. The summed E-state index contributed by atoms with van der Waals surface area (Å²) >= 11 is 0. The predicted molar refractivity (Wildman–Crippen MR) is 94.4 cm³/mol. The highest BCUT2D eigenvalue weighted by Crippen LogP contribution is 2.36. The van der Waals surface area contributed by atoms with Gasteiger partial charge in [0, 0.05) is 16.8 Å². The lowest BCUT2D eigenvalue weighted by Crippen LogP contribution is -1.95. The molecule has 2 heterocycles. The quantitative estimate of drug-likeness (QED) is 0.256. The van der Waals surface area contributed by atoms with Crippen molar-refractivity contribution in [3.05, 3.63) is 76.8 Å². The second kappa shape index (κ2) is 4.52. The molecule has 0 spiro atoms. The number of non-ortho nitro benzene ring substituents is 1. The molecule has 0 saturated heterocycles. The largest absolute Gasteiger partial charge is 0.291 e. The fraction of sp³-hybridized carbons (Fsp3) is 0. The van der Waals surface area contributed by atoms with Gasteiger partial charge in [-0.15, -0.1) is 0 Å². The summed E-state index contributed by atoms with van der Waals surface area (Å²) in [5.74, 6) is 0. The Morgan fingerprint density at radius 3 is 2.38 bits per heavy atom. The van der Waals surface area contributed by atoms with Gasteiger partial charge in [0.25, 0.3) is 5.69 Å². The van der Waals surface area contributed by atoms with Crippen LogP contribution >= 0.6 is 0 Å². The number of aromatic nitrogens is 2. The number of hydrogen-bond donors (Lipinski definition) is 0. The van der Waals surface area contributed by atoms with Crippen LogP contribution in [0.4, 0.5) is 5.69 Å². The first kappa shape index (κ1) is 13.0. The van der Waals surface area contributed by atoms with E-state index in [1.807, 2.05) is 59.0 Å². The van der Waals surface area contributed by atoms with Crippen molar-refractivity contribution in [3.63, 3.8) is 0 Å². The average Bonchev–Trinajstić information content (AvgIpc) is 3.01. The third kappa shape index (κ3) is 1.55. The molecule has 0 saturated carbocycles. The van der Waals surface area contributed by atoms with E-state index in [1.54, 1.807) is 12.1 Å². The van der Waals surface area contributed by atoms with E-state index in [1.165, 1.54) is 0 Å². The van der Waals surface area contributed by atoms with E-state index in [0.717, 1.165) is 33.0 Å². The average molecular weight is 313 g/mol. The van der Waals surface area contributed by atoms with Crippen molar-refractivity contribution in [3.8, 4) is 0 Å². The highest BCUT2D eigenvalue weighted by atomic mass is 16.6. The second-order valence-corrected chi connectivity index (χ2v) is 5.73. The summed E-state index contributed by atoms with van der Waals surface area (Å²) in [5.41, 5.74) is 3.56. The monoisotopic (exact) mass is 313 g/mol. The van der Waals surface area contributed by atoms with E-state index in [4.69, 9.17) is 4.98 Å². The van der Waals surface area contributed by atoms with Crippen LogP contribution in [0.5, 0.6) is 0 Å². The minimum absolute atomic E-state index is 0.114. The summed E-state index contributed by atoms with van der Waals surface area (Å²) in [7, 11) is 0. The molecule has 0 bridgehead atoms. The maximum absolute atomic E-state index is 11.6. The number of nitro groups is 1. The van der Waals surface area contributed by atoms with Crippen LogP contribution in [-0.4, -0.2) is 14.3 Å². The number of nitro benzene ring substituents is 1. The van der Waals surface area contributed by atoms with Crippen LogP contribution in [0.15, 0.2) is 66.7 Å². The topological polar surface area (TPSA) is 60.4 Å². The maximum Gasteiger partial charge on any atom is 0.279 e. The summed E-state index contributed by atoms with van der Waals surface area (Å²) in [6.07, 6.45) is 0. The number of rotatable bonds is 1. The van der Waals surface area contributed by atoms with Gasteiger partial charge in [0.2, 0.25) is 0 Å². The van der Waals surface area contributed by atoms with Crippen molar-refractivity contribution < 1.29 is 4.92 Å². The van der Waals surface area contributed by atoms with Crippen LogP contribution in [-0.2, 0) is 0 Å². The molecule has 0 fully saturated rings. The second-order valence-electron chi connectivity index (χ2n) is 5.73. The van der Waals surface area contributed by atoms with Crippen LogP contribution in [0, 0.1) is 10.1 Å². The van der Waals surface area contributed by atoms with Crippen molar-refractivity contribution in [2.24, 2.45) is 0 Å². The summed E-state index contributed by atoms with van der Waals surface area (Å²) in [5, 5.41) is 14.0. The molecule has 0 unspecified atom stereocenters. The van der Waals surface area contributed by atoms with Crippen molar-refractivity contribution in [1.82, 2.24) is 9.38 Å².